The van der Waals surface area contributed by atoms with Gasteiger partial charge in [0.25, 0.3) is 0 Å². The Morgan fingerprint density at radius 1 is 1.02 bits per heavy atom. The fourth-order valence-corrected chi connectivity index (χ4v) is 6.29. The summed E-state index contributed by atoms with van der Waals surface area (Å²) >= 11 is 0. The maximum absolute atomic E-state index is 14.1. The number of hydrogen-bond acceptors (Lipinski definition) is 7. The number of alkyl halides is 3. The number of hydrogen-bond donors (Lipinski definition) is 2. The Morgan fingerprint density at radius 3 is 2.30 bits per heavy atom. The molecule has 232 valence electrons. The van der Waals surface area contributed by atoms with Crippen LogP contribution in [0.1, 0.15) is 35.8 Å². The number of methoxy groups -OCH3 is 1. The van der Waals surface area contributed by atoms with Gasteiger partial charge in [-0.15, -0.1) is 0 Å². The topological polar surface area (TPSA) is 129 Å². The van der Waals surface area contributed by atoms with Gasteiger partial charge in [-0.1, -0.05) is 42.5 Å². The maximum Gasteiger partial charge on any atom is 0.490 e. The standard InChI is InChI=1S/C29H29N3O5.C2HF3O2/c1-36-21-12-10-20(11-13-21)25-23-24(27(34)32(26(23)33)17-19-7-3-2-4-8-19)29(30-25)14-6-15-31(28(29)35)18-22-9-5-16-37-22;3-2(4,5)1(6)7/h2-5,7-13,16,23-25,30H,6,14-15,17-18H2,1H3;(H,6,7)/t23-,24-,25-,29-;/m1./s1. The number of halogens is 3. The molecule has 4 heterocycles. The molecule has 1 spiro atoms. The van der Waals surface area contributed by atoms with E-state index in [0.717, 1.165) is 17.5 Å². The number of rotatable bonds is 6. The summed E-state index contributed by atoms with van der Waals surface area (Å²) in [5, 5.41) is 10.7. The van der Waals surface area contributed by atoms with E-state index in [1.165, 1.54) is 4.90 Å². The molecule has 0 radical (unpaired) electrons. The summed E-state index contributed by atoms with van der Waals surface area (Å²) in [6, 6.07) is 20.1. The number of furan rings is 1. The van der Waals surface area contributed by atoms with Crippen LogP contribution in [-0.4, -0.2) is 64.0 Å². The van der Waals surface area contributed by atoms with Gasteiger partial charge >= 0.3 is 12.1 Å². The molecule has 0 bridgehead atoms. The minimum Gasteiger partial charge on any atom is -0.497 e. The van der Waals surface area contributed by atoms with Gasteiger partial charge in [0.15, 0.2) is 0 Å². The Labute approximate surface area is 250 Å². The molecule has 44 heavy (non-hydrogen) atoms. The van der Waals surface area contributed by atoms with Gasteiger partial charge in [0.1, 0.15) is 17.0 Å². The largest absolute Gasteiger partial charge is 0.497 e. The lowest BCUT2D eigenvalue weighted by Gasteiger charge is -2.42. The van der Waals surface area contributed by atoms with Gasteiger partial charge in [0.2, 0.25) is 17.7 Å². The van der Waals surface area contributed by atoms with Crippen LogP contribution in [0.5, 0.6) is 5.75 Å². The molecule has 3 aliphatic rings. The Hall–Kier alpha value is -4.65. The van der Waals surface area contributed by atoms with E-state index in [4.69, 9.17) is 19.1 Å². The van der Waals surface area contributed by atoms with E-state index in [2.05, 4.69) is 5.32 Å². The van der Waals surface area contributed by atoms with Crippen LogP contribution < -0.4 is 10.1 Å². The molecule has 0 saturated carbocycles. The van der Waals surface area contributed by atoms with Gasteiger partial charge < -0.3 is 19.2 Å². The molecule has 10 nitrogen and oxygen atoms in total. The Morgan fingerprint density at radius 2 is 1.70 bits per heavy atom. The summed E-state index contributed by atoms with van der Waals surface area (Å²) in [5.74, 6) is -3.48. The molecule has 6 rings (SSSR count). The molecule has 0 aliphatic carbocycles. The fourth-order valence-electron chi connectivity index (χ4n) is 6.29. The average molecular weight is 614 g/mol. The minimum absolute atomic E-state index is 0.149. The number of carboxylic acid groups (broad SMARTS) is 1. The smallest absolute Gasteiger partial charge is 0.490 e. The third-order valence-electron chi connectivity index (χ3n) is 8.24. The fraction of sp³-hybridized carbons (Fsp3) is 0.355. The normalized spacial score (nSPS) is 24.7. The molecule has 1 aromatic heterocycles. The summed E-state index contributed by atoms with van der Waals surface area (Å²) < 4.78 is 42.5. The van der Waals surface area contributed by atoms with Gasteiger partial charge in [0, 0.05) is 12.6 Å². The number of piperidine rings is 1. The Balaban J connectivity index is 0.000000493. The summed E-state index contributed by atoms with van der Waals surface area (Å²) in [7, 11) is 1.60. The molecule has 3 aromatic rings. The quantitative estimate of drug-likeness (QED) is 0.401. The van der Waals surface area contributed by atoms with Gasteiger partial charge in [-0.25, -0.2) is 4.79 Å². The van der Waals surface area contributed by atoms with E-state index >= 15 is 0 Å². The number of carboxylic acids is 1. The van der Waals surface area contributed by atoms with Crippen LogP contribution in [0.4, 0.5) is 13.2 Å². The van der Waals surface area contributed by atoms with Crippen molar-refractivity contribution in [2.45, 2.75) is 43.7 Å². The number of carbonyl (C=O) groups excluding carboxylic acids is 3. The van der Waals surface area contributed by atoms with E-state index in [0.29, 0.717) is 31.0 Å². The zero-order valence-corrected chi connectivity index (χ0v) is 23.6. The van der Waals surface area contributed by atoms with Crippen molar-refractivity contribution in [1.29, 1.82) is 0 Å². The molecular weight excluding hydrogens is 583 g/mol. The SMILES string of the molecule is COc1ccc([C@H]2N[C@]3(CCCN(Cc4ccco4)C3=O)[C@H]3C(=O)N(Cc4ccccc4)C(=O)[C@@H]23)cc1.O=C(O)C(F)(F)F. The highest BCUT2D eigenvalue weighted by atomic mass is 19.4. The van der Waals surface area contributed by atoms with E-state index in [9.17, 15) is 27.6 Å². The second-order valence-electron chi connectivity index (χ2n) is 10.8. The van der Waals surface area contributed by atoms with E-state index in [1.807, 2.05) is 60.7 Å². The van der Waals surface area contributed by atoms with Crippen LogP contribution in [0.15, 0.2) is 77.4 Å². The minimum atomic E-state index is -5.08. The molecule has 13 heteroatoms. The summed E-state index contributed by atoms with van der Waals surface area (Å²) in [6.07, 6.45) is -2.28. The van der Waals surface area contributed by atoms with Crippen LogP contribution in [0.25, 0.3) is 0 Å². The third kappa shape index (κ3) is 5.79. The number of amides is 3. The first-order chi connectivity index (χ1) is 21.0. The van der Waals surface area contributed by atoms with E-state index in [1.54, 1.807) is 24.3 Å². The number of benzene rings is 2. The van der Waals surface area contributed by atoms with Crippen molar-refractivity contribution in [2.24, 2.45) is 11.8 Å². The second kappa shape index (κ2) is 12.2. The van der Waals surface area contributed by atoms with Crippen molar-refractivity contribution in [3.05, 3.63) is 89.9 Å². The number of fused-ring (bicyclic) bond motifs is 2. The number of ether oxygens (including phenoxy) is 1. The first-order valence-corrected chi connectivity index (χ1v) is 13.9. The van der Waals surface area contributed by atoms with Crippen molar-refractivity contribution in [3.8, 4) is 5.75 Å². The monoisotopic (exact) mass is 613 g/mol. The van der Waals surface area contributed by atoms with Crippen molar-refractivity contribution in [3.63, 3.8) is 0 Å². The van der Waals surface area contributed by atoms with Crippen LogP contribution in [-0.2, 0) is 32.3 Å². The molecule has 3 aliphatic heterocycles. The van der Waals surface area contributed by atoms with Crippen molar-refractivity contribution in [1.82, 2.24) is 15.1 Å². The molecule has 3 saturated heterocycles. The lowest BCUT2D eigenvalue weighted by Crippen LogP contribution is -2.63. The van der Waals surface area contributed by atoms with Crippen molar-refractivity contribution >= 4 is 23.7 Å². The molecule has 2 N–H and O–H groups in total. The van der Waals surface area contributed by atoms with E-state index < -0.39 is 35.6 Å². The molecule has 3 amide bonds. The zero-order valence-electron chi connectivity index (χ0n) is 23.6. The Bertz CT molecular complexity index is 1510. The first-order valence-electron chi connectivity index (χ1n) is 13.9. The van der Waals surface area contributed by atoms with Crippen molar-refractivity contribution < 1.29 is 46.6 Å². The predicted octanol–water partition coefficient (Wildman–Crippen LogP) is 3.93. The van der Waals surface area contributed by atoms with Crippen LogP contribution in [0, 0.1) is 11.8 Å². The number of likely N-dealkylation sites (tertiary alicyclic amines) is 2. The molecule has 0 unspecified atom stereocenters. The highest BCUT2D eigenvalue weighted by Crippen LogP contribution is 2.52. The van der Waals surface area contributed by atoms with E-state index in [-0.39, 0.29) is 24.3 Å². The lowest BCUT2D eigenvalue weighted by atomic mass is 9.74. The number of aliphatic carboxylic acids is 1. The first kappa shape index (κ1) is 30.8. The molecule has 2 aromatic carbocycles. The Kier molecular flexibility index (Phi) is 8.51. The highest BCUT2D eigenvalue weighted by Gasteiger charge is 2.69. The summed E-state index contributed by atoms with van der Waals surface area (Å²) in [5.41, 5.74) is 0.575. The highest BCUT2D eigenvalue weighted by molar-refractivity contribution is 6.10. The van der Waals surface area contributed by atoms with Gasteiger partial charge in [-0.05, 0) is 48.2 Å². The predicted molar refractivity (Wildman–Crippen MR) is 148 cm³/mol. The number of nitrogens with zero attached hydrogens (tertiary/aromatic N) is 2. The van der Waals surface area contributed by atoms with Crippen molar-refractivity contribution in [2.75, 3.05) is 13.7 Å². The molecular formula is C31H30F3N3O7. The van der Waals surface area contributed by atoms with Crippen LogP contribution in [0.3, 0.4) is 0 Å². The summed E-state index contributed by atoms with van der Waals surface area (Å²) in [4.78, 5) is 54.0. The zero-order chi connectivity index (χ0) is 31.6. The average Bonchev–Trinajstić information content (AvgIpc) is 3.70. The van der Waals surface area contributed by atoms with Gasteiger partial charge in [0.05, 0.1) is 38.3 Å². The third-order valence-corrected chi connectivity index (χ3v) is 8.24. The summed E-state index contributed by atoms with van der Waals surface area (Å²) in [6.45, 7) is 1.10. The molecule has 3 fully saturated rings. The van der Waals surface area contributed by atoms with Crippen LogP contribution >= 0.6 is 0 Å². The lowest BCUT2D eigenvalue weighted by molar-refractivity contribution is -0.192. The molecule has 4 atom stereocenters. The second-order valence-corrected chi connectivity index (χ2v) is 10.8. The van der Waals surface area contributed by atoms with Gasteiger partial charge in [-0.3, -0.25) is 24.6 Å². The maximum atomic E-state index is 14.1. The van der Waals surface area contributed by atoms with Crippen LogP contribution in [0.2, 0.25) is 0 Å². The number of imide groups is 1. The number of carbonyl (C=O) groups is 4. The number of nitrogens with one attached hydrogen (secondary N) is 1. The van der Waals surface area contributed by atoms with Gasteiger partial charge in [-0.2, -0.15) is 13.2 Å².